The molecule has 4 heteroatoms. The minimum absolute atomic E-state index is 0.184. The Hall–Kier alpha value is 0.1000. The van der Waals surface area contributed by atoms with Crippen LogP contribution < -0.4 is 5.73 Å². The molecular formula is C15H25BrN2S. The first-order valence-electron chi connectivity index (χ1n) is 7.11. The average molecular weight is 345 g/mol. The zero-order chi connectivity index (χ0) is 14.0. The van der Waals surface area contributed by atoms with Crippen LogP contribution in [0.1, 0.15) is 37.5 Å². The van der Waals surface area contributed by atoms with Crippen molar-refractivity contribution in [2.24, 2.45) is 11.7 Å². The van der Waals surface area contributed by atoms with Gasteiger partial charge in [-0.25, -0.2) is 0 Å². The first-order valence-corrected chi connectivity index (χ1v) is 8.72. The van der Waals surface area contributed by atoms with E-state index < -0.39 is 0 Å². The number of thiophene rings is 1. The maximum atomic E-state index is 6.62. The predicted molar refractivity (Wildman–Crippen MR) is 87.7 cm³/mol. The van der Waals surface area contributed by atoms with Crippen LogP contribution >= 0.6 is 27.3 Å². The molecule has 1 atom stereocenters. The molecule has 0 amide bonds. The lowest BCUT2D eigenvalue weighted by molar-refractivity contribution is 0.0571. The van der Waals surface area contributed by atoms with Gasteiger partial charge in [0.25, 0.3) is 0 Å². The summed E-state index contributed by atoms with van der Waals surface area (Å²) in [5.41, 5.74) is 6.80. The fraction of sp³-hybridized carbons (Fsp3) is 0.733. The van der Waals surface area contributed by atoms with Crippen molar-refractivity contribution in [1.29, 1.82) is 0 Å². The van der Waals surface area contributed by atoms with E-state index in [1.54, 1.807) is 0 Å². The van der Waals surface area contributed by atoms with E-state index in [4.69, 9.17) is 5.73 Å². The van der Waals surface area contributed by atoms with Crippen molar-refractivity contribution in [3.05, 3.63) is 20.8 Å². The smallest absolute Gasteiger partial charge is 0.0701 e. The van der Waals surface area contributed by atoms with Crippen LogP contribution in [0.5, 0.6) is 0 Å². The fourth-order valence-corrected chi connectivity index (χ4v) is 4.82. The van der Waals surface area contributed by atoms with Gasteiger partial charge < -0.3 is 10.6 Å². The quantitative estimate of drug-likeness (QED) is 0.897. The molecule has 0 radical (unpaired) electrons. The third-order valence-electron chi connectivity index (χ3n) is 4.77. The molecule has 19 heavy (non-hydrogen) atoms. The standard InChI is InChI=1S/C15H25BrN2S/c1-11-6-8-15(9-7-11,18(2)3)13(17)10-12-4-5-14(16)19-12/h4-5,11,13H,6-10,17H2,1-3H3. The Kier molecular flexibility index (Phi) is 5.09. The van der Waals surface area contributed by atoms with Crippen LogP contribution in [0, 0.1) is 5.92 Å². The SMILES string of the molecule is CC1CCC(C(N)Cc2ccc(Br)s2)(N(C)C)CC1. The van der Waals surface area contributed by atoms with E-state index in [0.29, 0.717) is 0 Å². The second-order valence-electron chi connectivity index (χ2n) is 6.20. The van der Waals surface area contributed by atoms with E-state index in [1.807, 2.05) is 11.3 Å². The van der Waals surface area contributed by atoms with E-state index >= 15 is 0 Å². The minimum Gasteiger partial charge on any atom is -0.326 e. The predicted octanol–water partition coefficient (Wildman–Crippen LogP) is 3.89. The van der Waals surface area contributed by atoms with Gasteiger partial charge in [-0.2, -0.15) is 0 Å². The monoisotopic (exact) mass is 344 g/mol. The summed E-state index contributed by atoms with van der Waals surface area (Å²) >= 11 is 5.34. The van der Waals surface area contributed by atoms with Crippen molar-refractivity contribution in [3.8, 4) is 0 Å². The third-order valence-corrected chi connectivity index (χ3v) is 6.42. The lowest BCUT2D eigenvalue weighted by Crippen LogP contribution is -2.59. The van der Waals surface area contributed by atoms with Crippen LogP contribution in [-0.2, 0) is 6.42 Å². The molecule has 2 N–H and O–H groups in total. The molecule has 1 aliphatic rings. The van der Waals surface area contributed by atoms with E-state index in [2.05, 4.69) is 54.0 Å². The number of halogens is 1. The molecular weight excluding hydrogens is 320 g/mol. The molecule has 1 aliphatic carbocycles. The summed E-state index contributed by atoms with van der Waals surface area (Å²) < 4.78 is 1.20. The second kappa shape index (κ2) is 6.25. The Morgan fingerprint density at radius 3 is 2.53 bits per heavy atom. The van der Waals surface area contributed by atoms with Crippen molar-refractivity contribution >= 4 is 27.3 Å². The van der Waals surface area contributed by atoms with Crippen LogP contribution in [0.4, 0.5) is 0 Å². The highest BCUT2D eigenvalue weighted by Gasteiger charge is 2.41. The molecule has 1 aromatic rings. The molecule has 1 unspecified atom stereocenters. The Morgan fingerprint density at radius 2 is 2.05 bits per heavy atom. The summed E-state index contributed by atoms with van der Waals surface area (Å²) in [6, 6.07) is 4.54. The van der Waals surface area contributed by atoms with Crippen LogP contribution in [0.15, 0.2) is 15.9 Å². The van der Waals surface area contributed by atoms with E-state index in [1.165, 1.54) is 34.3 Å². The van der Waals surface area contributed by atoms with Crippen LogP contribution in [0.25, 0.3) is 0 Å². The average Bonchev–Trinajstić information content (AvgIpc) is 2.75. The van der Waals surface area contributed by atoms with Crippen LogP contribution in [0.3, 0.4) is 0 Å². The van der Waals surface area contributed by atoms with Gasteiger partial charge in [0.05, 0.1) is 3.79 Å². The van der Waals surface area contributed by atoms with Gasteiger partial charge in [-0.15, -0.1) is 11.3 Å². The number of nitrogens with two attached hydrogens (primary N) is 1. The molecule has 0 bridgehead atoms. The normalized spacial score (nSPS) is 29.7. The molecule has 1 aromatic heterocycles. The van der Waals surface area contributed by atoms with Gasteiger partial charge >= 0.3 is 0 Å². The van der Waals surface area contributed by atoms with E-state index in [9.17, 15) is 0 Å². The van der Waals surface area contributed by atoms with Gasteiger partial charge in [-0.3, -0.25) is 0 Å². The first kappa shape index (κ1) is 15.5. The third kappa shape index (κ3) is 3.41. The largest absolute Gasteiger partial charge is 0.326 e. The summed E-state index contributed by atoms with van der Waals surface area (Å²) in [7, 11) is 4.39. The van der Waals surface area contributed by atoms with Gasteiger partial charge in [0.1, 0.15) is 0 Å². The van der Waals surface area contributed by atoms with E-state index in [0.717, 1.165) is 12.3 Å². The molecule has 108 valence electrons. The molecule has 0 aromatic carbocycles. The Bertz CT molecular complexity index is 408. The molecule has 2 rings (SSSR count). The Balaban J connectivity index is 2.10. The van der Waals surface area contributed by atoms with Crippen molar-refractivity contribution in [1.82, 2.24) is 4.90 Å². The highest BCUT2D eigenvalue weighted by Crippen LogP contribution is 2.38. The number of hydrogen-bond donors (Lipinski definition) is 1. The molecule has 0 aliphatic heterocycles. The number of hydrogen-bond acceptors (Lipinski definition) is 3. The lowest BCUT2D eigenvalue weighted by atomic mass is 9.71. The molecule has 0 spiro atoms. The van der Waals surface area contributed by atoms with Gasteiger partial charge in [-0.05, 0) is 80.2 Å². The zero-order valence-electron chi connectivity index (χ0n) is 12.2. The highest BCUT2D eigenvalue weighted by molar-refractivity contribution is 9.11. The van der Waals surface area contributed by atoms with Crippen molar-refractivity contribution < 1.29 is 0 Å². The van der Waals surface area contributed by atoms with E-state index in [-0.39, 0.29) is 11.6 Å². The van der Waals surface area contributed by atoms with Crippen LogP contribution in [-0.4, -0.2) is 30.6 Å². The zero-order valence-corrected chi connectivity index (χ0v) is 14.6. The Labute approximate surface area is 129 Å². The van der Waals surface area contributed by atoms with Gasteiger partial charge in [0.15, 0.2) is 0 Å². The summed E-state index contributed by atoms with van der Waals surface area (Å²) in [6.07, 6.45) is 6.06. The summed E-state index contributed by atoms with van der Waals surface area (Å²) in [6.45, 7) is 2.36. The minimum atomic E-state index is 0.184. The second-order valence-corrected chi connectivity index (χ2v) is 8.74. The number of rotatable bonds is 4. The summed E-state index contributed by atoms with van der Waals surface area (Å²) in [5, 5.41) is 0. The topological polar surface area (TPSA) is 29.3 Å². The molecule has 1 saturated carbocycles. The highest BCUT2D eigenvalue weighted by atomic mass is 79.9. The summed E-state index contributed by atoms with van der Waals surface area (Å²) in [4.78, 5) is 3.77. The first-order chi connectivity index (χ1) is 8.94. The maximum absolute atomic E-state index is 6.62. The lowest BCUT2D eigenvalue weighted by Gasteiger charge is -2.48. The molecule has 1 fully saturated rings. The van der Waals surface area contributed by atoms with Crippen LogP contribution in [0.2, 0.25) is 0 Å². The maximum Gasteiger partial charge on any atom is 0.0701 e. The molecule has 2 nitrogen and oxygen atoms in total. The van der Waals surface area contributed by atoms with Gasteiger partial charge in [0.2, 0.25) is 0 Å². The Morgan fingerprint density at radius 1 is 1.42 bits per heavy atom. The number of likely N-dealkylation sites (N-methyl/N-ethyl adjacent to an activating group) is 1. The van der Waals surface area contributed by atoms with Crippen molar-refractivity contribution in [2.75, 3.05) is 14.1 Å². The molecule has 1 heterocycles. The number of nitrogens with zero attached hydrogens (tertiary/aromatic N) is 1. The van der Waals surface area contributed by atoms with Gasteiger partial charge in [-0.1, -0.05) is 6.92 Å². The summed E-state index contributed by atoms with van der Waals surface area (Å²) in [5.74, 6) is 0.858. The van der Waals surface area contributed by atoms with Crippen molar-refractivity contribution in [3.63, 3.8) is 0 Å². The van der Waals surface area contributed by atoms with Crippen molar-refractivity contribution in [2.45, 2.75) is 50.6 Å². The molecule has 0 saturated heterocycles. The van der Waals surface area contributed by atoms with Gasteiger partial charge in [0, 0.05) is 16.5 Å². The fourth-order valence-electron chi connectivity index (χ4n) is 3.28.